The summed E-state index contributed by atoms with van der Waals surface area (Å²) < 4.78 is 25.1. The Balaban J connectivity index is 2.35. The van der Waals surface area contributed by atoms with Crippen LogP contribution in [-0.2, 0) is 22.0 Å². The molecule has 0 aliphatic carbocycles. The summed E-state index contributed by atoms with van der Waals surface area (Å²) in [4.78, 5) is 4.50. The third-order valence-electron chi connectivity index (χ3n) is 3.11. The number of aromatic nitrogens is 2. The summed E-state index contributed by atoms with van der Waals surface area (Å²) in [6, 6.07) is 1.85. The Morgan fingerprint density at radius 1 is 1.47 bits per heavy atom. The third kappa shape index (κ3) is 1.59. The van der Waals surface area contributed by atoms with E-state index in [2.05, 4.69) is 4.98 Å². The van der Waals surface area contributed by atoms with E-state index in [1.807, 2.05) is 17.4 Å². The normalized spacial score (nSPS) is 18.2. The molecule has 0 fully saturated rings. The number of pyridine rings is 1. The van der Waals surface area contributed by atoms with E-state index in [0.717, 1.165) is 22.6 Å². The quantitative estimate of drug-likeness (QED) is 0.747. The molecule has 0 saturated carbocycles. The molecular weight excluding hydrogens is 238 g/mol. The predicted molar refractivity (Wildman–Crippen MR) is 65.5 cm³/mol. The second-order valence-corrected chi connectivity index (χ2v) is 6.68. The molecule has 0 radical (unpaired) electrons. The zero-order valence-electron chi connectivity index (χ0n) is 9.47. The molecule has 2 aromatic rings. The number of hydrogen-bond donors (Lipinski definition) is 1. The zero-order valence-corrected chi connectivity index (χ0v) is 10.3. The average molecular weight is 251 g/mol. The van der Waals surface area contributed by atoms with Crippen LogP contribution in [0.1, 0.15) is 17.0 Å². The highest BCUT2D eigenvalue weighted by molar-refractivity contribution is 7.90. The van der Waals surface area contributed by atoms with Crippen molar-refractivity contribution < 1.29 is 8.42 Å². The van der Waals surface area contributed by atoms with Gasteiger partial charge in [0.15, 0.2) is 9.84 Å². The molecule has 0 saturated heterocycles. The van der Waals surface area contributed by atoms with Gasteiger partial charge in [0.05, 0.1) is 22.9 Å². The van der Waals surface area contributed by atoms with Crippen LogP contribution in [0, 0.1) is 6.92 Å². The second kappa shape index (κ2) is 3.22. The summed E-state index contributed by atoms with van der Waals surface area (Å²) in [5, 5.41) is 0. The molecule has 3 rings (SSSR count). The molecular formula is C11H13N3O2S. The number of imidazole rings is 1. The summed E-state index contributed by atoms with van der Waals surface area (Å²) in [7, 11) is -2.98. The molecule has 1 aliphatic rings. The molecule has 3 heterocycles. The molecule has 0 unspecified atom stereocenters. The van der Waals surface area contributed by atoms with Crippen molar-refractivity contribution in [1.82, 2.24) is 9.38 Å². The van der Waals surface area contributed by atoms with Crippen LogP contribution >= 0.6 is 0 Å². The van der Waals surface area contributed by atoms with Crippen LogP contribution in [0.25, 0.3) is 5.65 Å². The van der Waals surface area contributed by atoms with Crippen LogP contribution in [0.2, 0.25) is 0 Å². The SMILES string of the molecule is Cc1cc(N)cn2c3c(nc12)CCS(=O)(=O)C3. The van der Waals surface area contributed by atoms with Crippen molar-refractivity contribution in [1.29, 1.82) is 0 Å². The molecule has 90 valence electrons. The molecule has 0 aromatic carbocycles. The fraction of sp³-hybridized carbons (Fsp3) is 0.364. The summed E-state index contributed by atoms with van der Waals surface area (Å²) in [5.41, 5.74) is 9.83. The van der Waals surface area contributed by atoms with E-state index in [-0.39, 0.29) is 11.5 Å². The number of nitrogens with zero attached hydrogens (tertiary/aromatic N) is 2. The first-order valence-corrected chi connectivity index (χ1v) is 7.25. The molecule has 2 aromatic heterocycles. The minimum absolute atomic E-state index is 0.0619. The smallest absolute Gasteiger partial charge is 0.156 e. The van der Waals surface area contributed by atoms with Crippen LogP contribution < -0.4 is 5.73 Å². The number of anilines is 1. The summed E-state index contributed by atoms with van der Waals surface area (Å²) in [5.74, 6) is 0.255. The number of sulfone groups is 1. The van der Waals surface area contributed by atoms with E-state index in [9.17, 15) is 8.42 Å². The molecule has 5 nitrogen and oxygen atoms in total. The van der Waals surface area contributed by atoms with Crippen molar-refractivity contribution in [3.63, 3.8) is 0 Å². The van der Waals surface area contributed by atoms with Gasteiger partial charge >= 0.3 is 0 Å². The van der Waals surface area contributed by atoms with E-state index in [1.54, 1.807) is 6.20 Å². The number of rotatable bonds is 0. The highest BCUT2D eigenvalue weighted by Crippen LogP contribution is 2.24. The lowest BCUT2D eigenvalue weighted by Gasteiger charge is -2.11. The molecule has 2 N–H and O–H groups in total. The lowest BCUT2D eigenvalue weighted by atomic mass is 10.2. The van der Waals surface area contributed by atoms with Crippen molar-refractivity contribution in [2.24, 2.45) is 0 Å². The van der Waals surface area contributed by atoms with Crippen LogP contribution in [0.5, 0.6) is 0 Å². The minimum Gasteiger partial charge on any atom is -0.398 e. The maximum Gasteiger partial charge on any atom is 0.156 e. The number of hydrogen-bond acceptors (Lipinski definition) is 4. The summed E-state index contributed by atoms with van der Waals surface area (Å²) in [6.07, 6.45) is 2.24. The van der Waals surface area contributed by atoms with Gasteiger partial charge in [-0.05, 0) is 18.6 Å². The van der Waals surface area contributed by atoms with Crippen LogP contribution in [0.3, 0.4) is 0 Å². The van der Waals surface area contributed by atoms with Crippen LogP contribution in [0.4, 0.5) is 5.69 Å². The number of nitrogens with two attached hydrogens (primary N) is 1. The zero-order chi connectivity index (χ0) is 12.2. The average Bonchev–Trinajstić information content (AvgIpc) is 2.55. The fourth-order valence-corrected chi connectivity index (χ4v) is 3.69. The molecule has 17 heavy (non-hydrogen) atoms. The second-order valence-electron chi connectivity index (χ2n) is 4.50. The van der Waals surface area contributed by atoms with Gasteiger partial charge in [-0.25, -0.2) is 13.4 Å². The van der Waals surface area contributed by atoms with Gasteiger partial charge in [-0.15, -0.1) is 0 Å². The molecule has 1 aliphatic heterocycles. The first-order valence-electron chi connectivity index (χ1n) is 5.43. The van der Waals surface area contributed by atoms with E-state index in [1.165, 1.54) is 0 Å². The predicted octanol–water partition coefficient (Wildman–Crippen LogP) is 0.696. The lowest BCUT2D eigenvalue weighted by Crippen LogP contribution is -2.19. The van der Waals surface area contributed by atoms with E-state index in [0.29, 0.717) is 12.1 Å². The Labute approximate surface area is 99.2 Å². The largest absolute Gasteiger partial charge is 0.398 e. The van der Waals surface area contributed by atoms with Gasteiger partial charge in [0.2, 0.25) is 0 Å². The summed E-state index contributed by atoms with van der Waals surface area (Å²) in [6.45, 7) is 1.93. The van der Waals surface area contributed by atoms with Crippen molar-refractivity contribution in [2.45, 2.75) is 19.1 Å². The van der Waals surface area contributed by atoms with E-state index >= 15 is 0 Å². The third-order valence-corrected chi connectivity index (χ3v) is 4.65. The van der Waals surface area contributed by atoms with Gasteiger partial charge in [0.25, 0.3) is 0 Å². The van der Waals surface area contributed by atoms with Gasteiger partial charge in [-0.2, -0.15) is 0 Å². The Kier molecular flexibility index (Phi) is 2.01. The molecule has 0 spiro atoms. The number of fused-ring (bicyclic) bond motifs is 3. The van der Waals surface area contributed by atoms with Crippen molar-refractivity contribution in [3.8, 4) is 0 Å². The van der Waals surface area contributed by atoms with Crippen molar-refractivity contribution in [3.05, 3.63) is 29.2 Å². The highest BCUT2D eigenvalue weighted by Gasteiger charge is 2.26. The number of aryl methyl sites for hydroxylation is 2. The van der Waals surface area contributed by atoms with Gasteiger partial charge in [0, 0.05) is 18.3 Å². The van der Waals surface area contributed by atoms with E-state index in [4.69, 9.17) is 5.73 Å². The monoisotopic (exact) mass is 251 g/mol. The number of nitrogen functional groups attached to an aromatic ring is 1. The van der Waals surface area contributed by atoms with Crippen LogP contribution in [-0.4, -0.2) is 23.6 Å². The Bertz CT molecular complexity index is 716. The summed E-state index contributed by atoms with van der Waals surface area (Å²) >= 11 is 0. The Morgan fingerprint density at radius 2 is 2.24 bits per heavy atom. The van der Waals surface area contributed by atoms with Crippen molar-refractivity contribution in [2.75, 3.05) is 11.5 Å². The van der Waals surface area contributed by atoms with Gasteiger partial charge < -0.3 is 10.1 Å². The first-order chi connectivity index (χ1) is 7.96. The maximum absolute atomic E-state index is 11.7. The lowest BCUT2D eigenvalue weighted by molar-refractivity contribution is 0.590. The Morgan fingerprint density at radius 3 is 3.00 bits per heavy atom. The first kappa shape index (κ1) is 10.6. The molecule has 0 amide bonds. The molecule has 0 bridgehead atoms. The standard InChI is InChI=1S/C11H13N3O2S/c1-7-4-8(12)5-14-10-6-17(15,16)3-2-9(10)13-11(7)14/h4-5H,2-3,6,12H2,1H3. The van der Waals surface area contributed by atoms with Gasteiger partial charge in [-0.1, -0.05) is 0 Å². The molecule has 6 heteroatoms. The van der Waals surface area contributed by atoms with Gasteiger partial charge in [-0.3, -0.25) is 0 Å². The molecule has 0 atom stereocenters. The highest BCUT2D eigenvalue weighted by atomic mass is 32.2. The van der Waals surface area contributed by atoms with Gasteiger partial charge in [0.1, 0.15) is 5.65 Å². The van der Waals surface area contributed by atoms with Crippen molar-refractivity contribution >= 4 is 21.2 Å². The Hall–Kier alpha value is -1.56. The fourth-order valence-electron chi connectivity index (χ4n) is 2.32. The van der Waals surface area contributed by atoms with E-state index < -0.39 is 9.84 Å². The topological polar surface area (TPSA) is 77.5 Å². The maximum atomic E-state index is 11.7. The van der Waals surface area contributed by atoms with Crippen LogP contribution in [0.15, 0.2) is 12.3 Å². The minimum atomic E-state index is -2.98.